The van der Waals surface area contributed by atoms with Crippen LogP contribution in [0, 0.1) is 6.92 Å². The molecule has 0 aliphatic heterocycles. The van der Waals surface area contributed by atoms with E-state index in [2.05, 4.69) is 20.0 Å². The first kappa shape index (κ1) is 25.4. The van der Waals surface area contributed by atoms with Crippen molar-refractivity contribution in [2.45, 2.75) is 27.0 Å². The van der Waals surface area contributed by atoms with Crippen LogP contribution < -0.4 is 10.7 Å². The van der Waals surface area contributed by atoms with Crippen LogP contribution in [-0.2, 0) is 16.5 Å². The molecule has 0 saturated carbocycles. The summed E-state index contributed by atoms with van der Waals surface area (Å²) >= 11 is 0. The van der Waals surface area contributed by atoms with Crippen LogP contribution in [0.4, 0.5) is 10.6 Å². The van der Waals surface area contributed by atoms with E-state index in [-0.39, 0.29) is 11.7 Å². The SMILES string of the molecule is CCN(C(=O)c1ccc(-c2cnn(C)c2-c2noc(=O)n2C(C)OC(=O)OC)cc1)c1ncccc1C. The first-order valence-corrected chi connectivity index (χ1v) is 11.5. The zero-order valence-electron chi connectivity index (χ0n) is 21.0. The molecule has 0 fully saturated rings. The van der Waals surface area contributed by atoms with E-state index in [4.69, 9.17) is 9.26 Å². The Kier molecular flexibility index (Phi) is 7.18. The Bertz CT molecular complexity index is 1490. The second kappa shape index (κ2) is 10.5. The molecule has 4 aromatic rings. The number of pyridine rings is 1. The minimum absolute atomic E-state index is 0.111. The van der Waals surface area contributed by atoms with Crippen LogP contribution in [0.2, 0.25) is 0 Å². The van der Waals surface area contributed by atoms with E-state index in [0.29, 0.717) is 29.2 Å². The Hall–Kier alpha value is -4.74. The van der Waals surface area contributed by atoms with Gasteiger partial charge in [0.15, 0.2) is 6.23 Å². The van der Waals surface area contributed by atoms with Crippen molar-refractivity contribution in [3.63, 3.8) is 0 Å². The highest BCUT2D eigenvalue weighted by molar-refractivity contribution is 6.06. The number of carbonyl (C=O) groups is 2. The van der Waals surface area contributed by atoms with Gasteiger partial charge in [-0.3, -0.25) is 18.9 Å². The molecule has 12 nitrogen and oxygen atoms in total. The predicted molar refractivity (Wildman–Crippen MR) is 133 cm³/mol. The fraction of sp³-hybridized carbons (Fsp3) is 0.280. The molecular weight excluding hydrogens is 480 g/mol. The van der Waals surface area contributed by atoms with Crippen molar-refractivity contribution >= 4 is 17.9 Å². The summed E-state index contributed by atoms with van der Waals surface area (Å²) < 4.78 is 17.1. The number of amides is 1. The molecule has 0 bridgehead atoms. The van der Waals surface area contributed by atoms with E-state index in [1.807, 2.05) is 26.0 Å². The highest BCUT2D eigenvalue weighted by Gasteiger charge is 2.26. The molecule has 3 heterocycles. The number of methoxy groups -OCH3 is 1. The van der Waals surface area contributed by atoms with E-state index in [1.165, 1.54) is 11.6 Å². The Labute approximate surface area is 212 Å². The lowest BCUT2D eigenvalue weighted by Gasteiger charge is -2.21. The van der Waals surface area contributed by atoms with E-state index in [0.717, 1.165) is 22.8 Å². The number of benzene rings is 1. The van der Waals surface area contributed by atoms with Crippen molar-refractivity contribution in [3.05, 3.63) is 70.5 Å². The van der Waals surface area contributed by atoms with Crippen molar-refractivity contribution < 1.29 is 23.6 Å². The van der Waals surface area contributed by atoms with Gasteiger partial charge in [0.25, 0.3) is 5.91 Å². The summed E-state index contributed by atoms with van der Waals surface area (Å²) in [5.41, 5.74) is 3.18. The van der Waals surface area contributed by atoms with Gasteiger partial charge in [0.2, 0.25) is 5.82 Å². The minimum Gasteiger partial charge on any atom is -0.438 e. The van der Waals surface area contributed by atoms with Crippen LogP contribution in [0.1, 0.15) is 36.0 Å². The second-order valence-electron chi connectivity index (χ2n) is 8.11. The van der Waals surface area contributed by atoms with Gasteiger partial charge >= 0.3 is 11.9 Å². The summed E-state index contributed by atoms with van der Waals surface area (Å²) in [6.07, 6.45) is 1.25. The van der Waals surface area contributed by atoms with Crippen molar-refractivity contribution in [1.29, 1.82) is 0 Å². The lowest BCUT2D eigenvalue weighted by molar-refractivity contribution is 0.0134. The molecule has 192 valence electrons. The Morgan fingerprint density at radius 1 is 1.19 bits per heavy atom. The fourth-order valence-electron chi connectivity index (χ4n) is 3.99. The van der Waals surface area contributed by atoms with Crippen molar-refractivity contribution in [1.82, 2.24) is 24.5 Å². The molecule has 1 unspecified atom stereocenters. The number of hydrogen-bond donors (Lipinski definition) is 0. The molecule has 1 aromatic carbocycles. The lowest BCUT2D eigenvalue weighted by atomic mass is 10.0. The number of anilines is 1. The van der Waals surface area contributed by atoms with E-state index in [1.54, 1.807) is 48.6 Å². The van der Waals surface area contributed by atoms with Gasteiger partial charge in [-0.1, -0.05) is 23.4 Å². The van der Waals surface area contributed by atoms with Crippen LogP contribution in [-0.4, -0.2) is 50.2 Å². The maximum absolute atomic E-state index is 13.3. The van der Waals surface area contributed by atoms with Gasteiger partial charge in [0.1, 0.15) is 11.5 Å². The Morgan fingerprint density at radius 2 is 1.92 bits per heavy atom. The van der Waals surface area contributed by atoms with Gasteiger partial charge in [-0.25, -0.2) is 19.1 Å². The average molecular weight is 507 g/mol. The quantitative estimate of drug-likeness (QED) is 0.345. The molecule has 0 saturated heterocycles. The fourth-order valence-corrected chi connectivity index (χ4v) is 3.99. The second-order valence-corrected chi connectivity index (χ2v) is 8.11. The normalized spacial score (nSPS) is 11.7. The number of rotatable bonds is 7. The molecule has 0 aliphatic carbocycles. The number of carbonyl (C=O) groups excluding carboxylic acids is 2. The molecule has 3 aromatic heterocycles. The summed E-state index contributed by atoms with van der Waals surface area (Å²) in [4.78, 5) is 43.2. The zero-order chi connectivity index (χ0) is 26.7. The topological polar surface area (TPSA) is 135 Å². The summed E-state index contributed by atoms with van der Waals surface area (Å²) in [7, 11) is 2.84. The number of ether oxygens (including phenoxy) is 2. The van der Waals surface area contributed by atoms with Gasteiger partial charge in [0, 0.05) is 30.9 Å². The summed E-state index contributed by atoms with van der Waals surface area (Å²) in [5, 5.41) is 8.20. The van der Waals surface area contributed by atoms with Crippen molar-refractivity contribution in [2.75, 3.05) is 18.6 Å². The molecule has 0 aliphatic rings. The molecule has 4 rings (SSSR count). The van der Waals surface area contributed by atoms with E-state index >= 15 is 0 Å². The van der Waals surface area contributed by atoms with Gasteiger partial charge in [-0.15, -0.1) is 0 Å². The maximum atomic E-state index is 13.3. The first-order chi connectivity index (χ1) is 17.8. The monoisotopic (exact) mass is 506 g/mol. The Balaban J connectivity index is 1.68. The highest BCUT2D eigenvalue weighted by Crippen LogP contribution is 2.32. The lowest BCUT2D eigenvalue weighted by Crippen LogP contribution is -2.32. The van der Waals surface area contributed by atoms with Crippen molar-refractivity contribution in [2.24, 2.45) is 7.05 Å². The zero-order valence-corrected chi connectivity index (χ0v) is 21.0. The van der Waals surface area contributed by atoms with Crippen LogP contribution in [0.15, 0.2) is 58.1 Å². The molecule has 37 heavy (non-hydrogen) atoms. The third-order valence-electron chi connectivity index (χ3n) is 5.82. The van der Waals surface area contributed by atoms with Crippen LogP contribution in [0.25, 0.3) is 22.6 Å². The Morgan fingerprint density at radius 3 is 2.57 bits per heavy atom. The van der Waals surface area contributed by atoms with Crippen LogP contribution in [0.3, 0.4) is 0 Å². The number of nitrogens with zero attached hydrogens (tertiary/aromatic N) is 6. The average Bonchev–Trinajstić information content (AvgIpc) is 3.47. The smallest absolute Gasteiger partial charge is 0.438 e. The van der Waals surface area contributed by atoms with Crippen molar-refractivity contribution in [3.8, 4) is 22.6 Å². The van der Waals surface area contributed by atoms with Gasteiger partial charge < -0.3 is 9.47 Å². The third-order valence-corrected chi connectivity index (χ3v) is 5.82. The minimum atomic E-state index is -1.06. The summed E-state index contributed by atoms with van der Waals surface area (Å²) in [6, 6.07) is 10.7. The number of hydrogen-bond acceptors (Lipinski definition) is 9. The molecule has 1 atom stereocenters. The van der Waals surface area contributed by atoms with Gasteiger partial charge in [0.05, 0.1) is 13.3 Å². The maximum Gasteiger partial charge on any atom is 0.509 e. The molecule has 0 radical (unpaired) electrons. The van der Waals surface area contributed by atoms with Gasteiger partial charge in [-0.2, -0.15) is 5.10 Å². The van der Waals surface area contributed by atoms with Crippen LogP contribution in [0.5, 0.6) is 0 Å². The van der Waals surface area contributed by atoms with E-state index < -0.39 is 18.1 Å². The number of aryl methyl sites for hydroxylation is 2. The summed E-state index contributed by atoms with van der Waals surface area (Å²) in [5.74, 6) is -0.273. The number of aromatic nitrogens is 5. The third kappa shape index (κ3) is 4.85. The largest absolute Gasteiger partial charge is 0.509 e. The standard InChI is InChI=1S/C25H26N6O6/c1-6-30(21-15(2)8-7-13-26-21)23(32)18-11-9-17(10-12-18)19-14-27-29(4)20(19)22-28-37-24(33)31(22)16(3)36-25(34)35-5/h7-14,16H,6H2,1-5H3. The molecule has 12 heteroatoms. The van der Waals surface area contributed by atoms with E-state index in [9.17, 15) is 14.4 Å². The predicted octanol–water partition coefficient (Wildman–Crippen LogP) is 3.58. The van der Waals surface area contributed by atoms with Crippen LogP contribution >= 0.6 is 0 Å². The van der Waals surface area contributed by atoms with Gasteiger partial charge in [-0.05, 0) is 50.1 Å². The molecule has 0 spiro atoms. The summed E-state index contributed by atoms with van der Waals surface area (Å²) in [6.45, 7) is 5.75. The highest BCUT2D eigenvalue weighted by atomic mass is 16.7. The molecular formula is C25H26N6O6. The first-order valence-electron chi connectivity index (χ1n) is 11.5. The molecule has 0 N–H and O–H groups in total. The molecule has 1 amide bonds.